The quantitative estimate of drug-likeness (QED) is 0.812. The number of benzene rings is 1. The summed E-state index contributed by atoms with van der Waals surface area (Å²) in [5.41, 5.74) is 7.28. The van der Waals surface area contributed by atoms with E-state index in [1.807, 2.05) is 24.3 Å². The van der Waals surface area contributed by atoms with E-state index < -0.39 is 0 Å². The molecule has 0 radical (unpaired) electrons. The minimum Gasteiger partial charge on any atom is -0.493 e. The van der Waals surface area contributed by atoms with Crippen molar-refractivity contribution in [2.45, 2.75) is 39.7 Å². The number of hydrogen-bond donors (Lipinski definition) is 1. The molecule has 1 aliphatic heterocycles. The highest BCUT2D eigenvalue weighted by Crippen LogP contribution is 2.28. The first-order chi connectivity index (χ1) is 9.61. The molecular weight excluding hydrogens is 248 g/mol. The number of nitrogens with two attached hydrogens (primary N) is 1. The lowest BCUT2D eigenvalue weighted by Crippen LogP contribution is -2.40. The molecule has 0 atom stereocenters. The third-order valence-electron chi connectivity index (χ3n) is 4.05. The number of likely N-dealkylation sites (tertiary alicyclic amines) is 1. The van der Waals surface area contributed by atoms with E-state index in [0.717, 1.165) is 30.9 Å². The Bertz CT molecular complexity index is 417. The van der Waals surface area contributed by atoms with E-state index in [-0.39, 0.29) is 0 Å². The maximum Gasteiger partial charge on any atom is 0.123 e. The molecule has 2 rings (SSSR count). The minimum atomic E-state index is 0.477. The summed E-state index contributed by atoms with van der Waals surface area (Å²) in [6.07, 6.45) is 3.75. The van der Waals surface area contributed by atoms with E-state index in [1.165, 1.54) is 25.9 Å². The van der Waals surface area contributed by atoms with Crippen molar-refractivity contribution < 1.29 is 4.74 Å². The topological polar surface area (TPSA) is 38.5 Å². The molecule has 0 spiro atoms. The first-order valence-corrected chi connectivity index (χ1v) is 7.74. The van der Waals surface area contributed by atoms with Crippen LogP contribution < -0.4 is 10.5 Å². The molecule has 1 aromatic rings. The monoisotopic (exact) mass is 276 g/mol. The highest BCUT2D eigenvalue weighted by molar-refractivity contribution is 5.32. The highest BCUT2D eigenvalue weighted by atomic mass is 16.5. The largest absolute Gasteiger partial charge is 0.493 e. The van der Waals surface area contributed by atoms with Crippen LogP contribution in [0, 0.1) is 5.41 Å². The molecule has 2 N–H and O–H groups in total. The van der Waals surface area contributed by atoms with Crippen LogP contribution in [-0.4, -0.2) is 31.1 Å². The van der Waals surface area contributed by atoms with Gasteiger partial charge < -0.3 is 15.4 Å². The van der Waals surface area contributed by atoms with E-state index in [0.29, 0.717) is 12.0 Å². The van der Waals surface area contributed by atoms with Gasteiger partial charge in [0, 0.05) is 25.2 Å². The van der Waals surface area contributed by atoms with Crippen molar-refractivity contribution in [1.82, 2.24) is 4.90 Å². The number of nitrogens with zero attached hydrogens (tertiary/aromatic N) is 1. The second-order valence-corrected chi connectivity index (χ2v) is 6.56. The molecule has 20 heavy (non-hydrogen) atoms. The standard InChI is InChI=1S/C17H28N2O/c1-17(2)9-5-10-19(14-17)11-6-12-20-16-8-4-3-7-15(16)13-18/h3-4,7-8H,5-6,9-14,18H2,1-2H3. The zero-order valence-corrected chi connectivity index (χ0v) is 12.9. The van der Waals surface area contributed by atoms with Gasteiger partial charge in [0.1, 0.15) is 5.75 Å². The van der Waals surface area contributed by atoms with Gasteiger partial charge in [-0.15, -0.1) is 0 Å². The molecule has 1 heterocycles. The molecule has 0 bridgehead atoms. The maximum absolute atomic E-state index is 5.86. The molecule has 112 valence electrons. The van der Waals surface area contributed by atoms with Crippen LogP contribution in [0.2, 0.25) is 0 Å². The summed E-state index contributed by atoms with van der Waals surface area (Å²) in [6, 6.07) is 8.04. The van der Waals surface area contributed by atoms with Crippen molar-refractivity contribution in [3.05, 3.63) is 29.8 Å². The summed E-state index contributed by atoms with van der Waals surface area (Å²) in [4.78, 5) is 2.57. The molecule has 0 amide bonds. The molecule has 1 aromatic carbocycles. The maximum atomic E-state index is 5.86. The molecule has 0 unspecified atom stereocenters. The second-order valence-electron chi connectivity index (χ2n) is 6.56. The minimum absolute atomic E-state index is 0.477. The van der Waals surface area contributed by atoms with Gasteiger partial charge in [0.05, 0.1) is 6.61 Å². The van der Waals surface area contributed by atoms with Crippen LogP contribution in [0.3, 0.4) is 0 Å². The Morgan fingerprint density at radius 1 is 1.30 bits per heavy atom. The van der Waals surface area contributed by atoms with Crippen LogP contribution in [0.25, 0.3) is 0 Å². The van der Waals surface area contributed by atoms with Gasteiger partial charge in [-0.2, -0.15) is 0 Å². The van der Waals surface area contributed by atoms with Gasteiger partial charge in [-0.25, -0.2) is 0 Å². The molecule has 1 aliphatic rings. The van der Waals surface area contributed by atoms with Crippen LogP contribution >= 0.6 is 0 Å². The van der Waals surface area contributed by atoms with E-state index in [4.69, 9.17) is 10.5 Å². The van der Waals surface area contributed by atoms with Crippen LogP contribution in [0.4, 0.5) is 0 Å². The third-order valence-corrected chi connectivity index (χ3v) is 4.05. The summed E-state index contributed by atoms with van der Waals surface area (Å²) in [7, 11) is 0. The normalized spacial score (nSPS) is 18.9. The van der Waals surface area contributed by atoms with Gasteiger partial charge in [0.2, 0.25) is 0 Å². The Morgan fingerprint density at radius 3 is 2.85 bits per heavy atom. The summed E-state index contributed by atoms with van der Waals surface area (Å²) < 4.78 is 5.86. The third kappa shape index (κ3) is 4.50. The Hall–Kier alpha value is -1.06. The van der Waals surface area contributed by atoms with Crippen molar-refractivity contribution in [2.24, 2.45) is 11.1 Å². The summed E-state index contributed by atoms with van der Waals surface area (Å²) in [5, 5.41) is 0. The molecule has 3 heteroatoms. The van der Waals surface area contributed by atoms with Gasteiger partial charge in [0.25, 0.3) is 0 Å². The number of hydrogen-bond acceptors (Lipinski definition) is 3. The zero-order chi connectivity index (χ0) is 14.4. The van der Waals surface area contributed by atoms with Crippen molar-refractivity contribution in [3.8, 4) is 5.75 Å². The average Bonchev–Trinajstić information content (AvgIpc) is 2.43. The van der Waals surface area contributed by atoms with Gasteiger partial charge in [0.15, 0.2) is 0 Å². The van der Waals surface area contributed by atoms with Gasteiger partial charge in [-0.3, -0.25) is 0 Å². The Labute approximate surface area is 123 Å². The average molecular weight is 276 g/mol. The number of piperidine rings is 1. The fourth-order valence-corrected chi connectivity index (χ4v) is 3.02. The molecular formula is C17H28N2O. The van der Waals surface area contributed by atoms with Crippen molar-refractivity contribution >= 4 is 0 Å². The van der Waals surface area contributed by atoms with Gasteiger partial charge in [-0.05, 0) is 37.3 Å². The Morgan fingerprint density at radius 2 is 2.10 bits per heavy atom. The van der Waals surface area contributed by atoms with Gasteiger partial charge in [-0.1, -0.05) is 32.0 Å². The number of rotatable bonds is 6. The molecule has 0 aromatic heterocycles. The lowest BCUT2D eigenvalue weighted by atomic mass is 9.84. The van der Waals surface area contributed by atoms with Crippen LogP contribution in [0.1, 0.15) is 38.7 Å². The second kappa shape index (κ2) is 7.09. The predicted octanol–water partition coefficient (Wildman–Crippen LogP) is 3.04. The smallest absolute Gasteiger partial charge is 0.123 e. The summed E-state index contributed by atoms with van der Waals surface area (Å²) in [6.45, 7) is 9.63. The van der Waals surface area contributed by atoms with E-state index >= 15 is 0 Å². The molecule has 1 fully saturated rings. The SMILES string of the molecule is CC1(C)CCCN(CCCOc2ccccc2CN)C1. The fourth-order valence-electron chi connectivity index (χ4n) is 3.02. The molecule has 0 aliphatic carbocycles. The highest BCUT2D eigenvalue weighted by Gasteiger charge is 2.25. The van der Waals surface area contributed by atoms with Crippen molar-refractivity contribution in [1.29, 1.82) is 0 Å². The van der Waals surface area contributed by atoms with E-state index in [1.54, 1.807) is 0 Å². The van der Waals surface area contributed by atoms with E-state index in [9.17, 15) is 0 Å². The number of para-hydroxylation sites is 1. The fraction of sp³-hybridized carbons (Fsp3) is 0.647. The van der Waals surface area contributed by atoms with Gasteiger partial charge >= 0.3 is 0 Å². The molecule has 3 nitrogen and oxygen atoms in total. The lowest BCUT2D eigenvalue weighted by molar-refractivity contribution is 0.111. The Kier molecular flexibility index (Phi) is 5.44. The van der Waals surface area contributed by atoms with Crippen molar-refractivity contribution in [2.75, 3.05) is 26.2 Å². The van der Waals surface area contributed by atoms with Crippen LogP contribution in [0.15, 0.2) is 24.3 Å². The lowest BCUT2D eigenvalue weighted by Gasteiger charge is -2.38. The van der Waals surface area contributed by atoms with E-state index in [2.05, 4.69) is 18.7 Å². The Balaban J connectivity index is 1.71. The number of ether oxygens (including phenoxy) is 1. The first-order valence-electron chi connectivity index (χ1n) is 7.74. The summed E-state index contributed by atoms with van der Waals surface area (Å²) >= 11 is 0. The first kappa shape index (κ1) is 15.3. The zero-order valence-electron chi connectivity index (χ0n) is 12.9. The van der Waals surface area contributed by atoms with Crippen LogP contribution in [-0.2, 0) is 6.54 Å². The molecule has 0 saturated carbocycles. The predicted molar refractivity (Wildman–Crippen MR) is 83.9 cm³/mol. The van der Waals surface area contributed by atoms with Crippen molar-refractivity contribution in [3.63, 3.8) is 0 Å². The molecule has 1 saturated heterocycles. The van der Waals surface area contributed by atoms with Crippen LogP contribution in [0.5, 0.6) is 5.75 Å². The summed E-state index contributed by atoms with van der Waals surface area (Å²) in [5.74, 6) is 0.939.